The van der Waals surface area contributed by atoms with Crippen LogP contribution in [0.25, 0.3) is 0 Å². The zero-order chi connectivity index (χ0) is 14.4. The number of anilines is 2. The van der Waals surface area contributed by atoms with Gasteiger partial charge in [-0.25, -0.2) is 4.79 Å². The molecule has 2 amide bonds. The molecule has 0 atom stereocenters. The van der Waals surface area contributed by atoms with Crippen molar-refractivity contribution in [1.82, 2.24) is 5.32 Å². The van der Waals surface area contributed by atoms with Crippen LogP contribution in [0, 0.1) is 0 Å². The van der Waals surface area contributed by atoms with Crippen molar-refractivity contribution >= 4 is 17.4 Å². The molecule has 20 heavy (non-hydrogen) atoms. The Bertz CT molecular complexity index is 425. The number of nitrogens with one attached hydrogen (secondary N) is 3. The number of benzene rings is 1. The van der Waals surface area contributed by atoms with Gasteiger partial charge in [-0.2, -0.15) is 0 Å². The Kier molecular flexibility index (Phi) is 5.24. The van der Waals surface area contributed by atoms with E-state index in [4.69, 9.17) is 4.74 Å². The van der Waals surface area contributed by atoms with E-state index < -0.39 is 0 Å². The minimum atomic E-state index is -0.205. The molecule has 1 fully saturated rings. The first-order valence-corrected chi connectivity index (χ1v) is 7.09. The highest BCUT2D eigenvalue weighted by molar-refractivity contribution is 5.89. The van der Waals surface area contributed by atoms with Crippen molar-refractivity contribution in [2.24, 2.45) is 0 Å². The summed E-state index contributed by atoms with van der Waals surface area (Å²) < 4.78 is 5.38. The summed E-state index contributed by atoms with van der Waals surface area (Å²) in [5, 5.41) is 8.80. The molecule has 3 N–H and O–H groups in total. The quantitative estimate of drug-likeness (QED) is 0.793. The van der Waals surface area contributed by atoms with E-state index in [0.717, 1.165) is 37.1 Å². The molecule has 0 aliphatic heterocycles. The number of urea groups is 1. The Labute approximate surface area is 120 Å². The number of hydrogen-bond donors (Lipinski definition) is 3. The molecule has 5 nitrogen and oxygen atoms in total. The Morgan fingerprint density at radius 3 is 2.25 bits per heavy atom. The van der Waals surface area contributed by atoms with Crippen LogP contribution < -0.4 is 16.0 Å². The van der Waals surface area contributed by atoms with E-state index in [1.807, 2.05) is 24.3 Å². The highest BCUT2D eigenvalue weighted by atomic mass is 16.5. The molecule has 1 aliphatic carbocycles. The molecule has 0 heterocycles. The summed E-state index contributed by atoms with van der Waals surface area (Å²) >= 11 is 0. The number of ether oxygens (including phenoxy) is 1. The summed E-state index contributed by atoms with van der Waals surface area (Å²) in [6, 6.07) is 8.10. The molecule has 0 bridgehead atoms. The third-order valence-electron chi connectivity index (χ3n) is 3.75. The van der Waals surface area contributed by atoms with Crippen LogP contribution >= 0.6 is 0 Å². The van der Waals surface area contributed by atoms with E-state index in [1.165, 1.54) is 0 Å². The molecule has 1 aromatic rings. The van der Waals surface area contributed by atoms with Crippen LogP contribution in [-0.2, 0) is 4.74 Å². The SMILES string of the molecule is CNC(=O)Nc1ccc(NC2CCC(OC)CC2)cc1. The van der Waals surface area contributed by atoms with Crippen LogP contribution in [0.3, 0.4) is 0 Å². The molecule has 0 radical (unpaired) electrons. The van der Waals surface area contributed by atoms with Crippen LogP contribution in [-0.4, -0.2) is 32.3 Å². The van der Waals surface area contributed by atoms with Gasteiger partial charge in [0.1, 0.15) is 0 Å². The van der Waals surface area contributed by atoms with Gasteiger partial charge in [-0.05, 0) is 49.9 Å². The lowest BCUT2D eigenvalue weighted by Gasteiger charge is -2.28. The van der Waals surface area contributed by atoms with Crippen molar-refractivity contribution in [3.8, 4) is 0 Å². The number of methoxy groups -OCH3 is 1. The molecular formula is C15H23N3O2. The van der Waals surface area contributed by atoms with Gasteiger partial charge < -0.3 is 20.7 Å². The Morgan fingerprint density at radius 2 is 1.70 bits per heavy atom. The smallest absolute Gasteiger partial charge is 0.318 e. The average Bonchev–Trinajstić information content (AvgIpc) is 2.50. The number of amides is 2. The third-order valence-corrected chi connectivity index (χ3v) is 3.75. The van der Waals surface area contributed by atoms with Crippen LogP contribution in [0.4, 0.5) is 16.2 Å². The minimum Gasteiger partial charge on any atom is -0.382 e. The van der Waals surface area contributed by atoms with Gasteiger partial charge in [0.05, 0.1) is 6.10 Å². The molecule has 0 saturated heterocycles. The highest BCUT2D eigenvalue weighted by Gasteiger charge is 2.20. The molecule has 2 rings (SSSR count). The maximum atomic E-state index is 11.2. The summed E-state index contributed by atoms with van der Waals surface area (Å²) in [6.07, 6.45) is 4.93. The number of carbonyl (C=O) groups is 1. The fraction of sp³-hybridized carbons (Fsp3) is 0.533. The van der Waals surface area contributed by atoms with Crippen molar-refractivity contribution in [2.45, 2.75) is 37.8 Å². The van der Waals surface area contributed by atoms with Gasteiger partial charge in [-0.3, -0.25) is 0 Å². The largest absolute Gasteiger partial charge is 0.382 e. The number of rotatable bonds is 4. The number of hydrogen-bond acceptors (Lipinski definition) is 3. The lowest BCUT2D eigenvalue weighted by atomic mass is 9.93. The fourth-order valence-corrected chi connectivity index (χ4v) is 2.52. The Morgan fingerprint density at radius 1 is 1.10 bits per heavy atom. The first-order chi connectivity index (χ1) is 9.71. The molecule has 110 valence electrons. The van der Waals surface area contributed by atoms with Gasteiger partial charge >= 0.3 is 6.03 Å². The lowest BCUT2D eigenvalue weighted by molar-refractivity contribution is 0.0682. The summed E-state index contributed by atoms with van der Waals surface area (Å²) in [4.78, 5) is 11.2. The van der Waals surface area contributed by atoms with Crippen molar-refractivity contribution in [1.29, 1.82) is 0 Å². The van der Waals surface area contributed by atoms with Crippen LogP contribution in [0.1, 0.15) is 25.7 Å². The predicted molar refractivity (Wildman–Crippen MR) is 81.2 cm³/mol. The molecule has 0 aromatic heterocycles. The molecule has 1 saturated carbocycles. The first-order valence-electron chi connectivity index (χ1n) is 7.09. The second kappa shape index (κ2) is 7.14. The summed E-state index contributed by atoms with van der Waals surface area (Å²) in [7, 11) is 3.39. The molecule has 5 heteroatoms. The monoisotopic (exact) mass is 277 g/mol. The Balaban J connectivity index is 1.83. The topological polar surface area (TPSA) is 62.4 Å². The molecule has 1 aromatic carbocycles. The molecular weight excluding hydrogens is 254 g/mol. The zero-order valence-electron chi connectivity index (χ0n) is 12.1. The van der Waals surface area contributed by atoms with E-state index in [1.54, 1.807) is 14.2 Å². The summed E-state index contributed by atoms with van der Waals surface area (Å²) in [6.45, 7) is 0. The van der Waals surface area contributed by atoms with Crippen molar-refractivity contribution in [3.05, 3.63) is 24.3 Å². The fourth-order valence-electron chi connectivity index (χ4n) is 2.52. The second-order valence-corrected chi connectivity index (χ2v) is 5.14. The van der Waals surface area contributed by atoms with E-state index in [2.05, 4.69) is 16.0 Å². The number of carbonyl (C=O) groups excluding carboxylic acids is 1. The van der Waals surface area contributed by atoms with Crippen molar-refractivity contribution in [3.63, 3.8) is 0 Å². The van der Waals surface area contributed by atoms with E-state index >= 15 is 0 Å². The van der Waals surface area contributed by atoms with Crippen molar-refractivity contribution < 1.29 is 9.53 Å². The van der Waals surface area contributed by atoms with Crippen LogP contribution in [0.15, 0.2) is 24.3 Å². The van der Waals surface area contributed by atoms with E-state index in [0.29, 0.717) is 12.1 Å². The van der Waals surface area contributed by atoms with Gasteiger partial charge in [0, 0.05) is 31.6 Å². The lowest BCUT2D eigenvalue weighted by Crippen LogP contribution is -2.29. The van der Waals surface area contributed by atoms with Gasteiger partial charge in [0.25, 0.3) is 0 Å². The van der Waals surface area contributed by atoms with Gasteiger partial charge in [-0.1, -0.05) is 0 Å². The van der Waals surface area contributed by atoms with Crippen LogP contribution in [0.2, 0.25) is 0 Å². The predicted octanol–water partition coefficient (Wildman–Crippen LogP) is 2.81. The van der Waals surface area contributed by atoms with Crippen molar-refractivity contribution in [2.75, 3.05) is 24.8 Å². The summed E-state index contributed by atoms with van der Waals surface area (Å²) in [5.74, 6) is 0. The first kappa shape index (κ1) is 14.7. The standard InChI is InChI=1S/C15H23N3O2/c1-16-15(19)18-13-5-3-11(4-6-13)17-12-7-9-14(20-2)10-8-12/h3-6,12,14,17H,7-10H2,1-2H3,(H2,16,18,19). The van der Waals surface area contributed by atoms with E-state index in [9.17, 15) is 4.79 Å². The maximum absolute atomic E-state index is 11.2. The average molecular weight is 277 g/mol. The van der Waals surface area contributed by atoms with E-state index in [-0.39, 0.29) is 6.03 Å². The minimum absolute atomic E-state index is 0.205. The second-order valence-electron chi connectivity index (χ2n) is 5.14. The van der Waals surface area contributed by atoms with Gasteiger partial charge in [0.15, 0.2) is 0 Å². The zero-order valence-corrected chi connectivity index (χ0v) is 12.1. The normalized spacial score (nSPS) is 22.1. The summed E-state index contributed by atoms with van der Waals surface area (Å²) in [5.41, 5.74) is 1.88. The third kappa shape index (κ3) is 4.13. The highest BCUT2D eigenvalue weighted by Crippen LogP contribution is 2.24. The van der Waals surface area contributed by atoms with Gasteiger partial charge in [0.2, 0.25) is 0 Å². The Hall–Kier alpha value is -1.75. The molecule has 1 aliphatic rings. The molecule has 0 spiro atoms. The maximum Gasteiger partial charge on any atom is 0.318 e. The van der Waals surface area contributed by atoms with Crippen LogP contribution in [0.5, 0.6) is 0 Å². The molecule has 0 unspecified atom stereocenters. The van der Waals surface area contributed by atoms with Gasteiger partial charge in [-0.15, -0.1) is 0 Å².